The van der Waals surface area contributed by atoms with Gasteiger partial charge in [0.25, 0.3) is 5.56 Å². The summed E-state index contributed by atoms with van der Waals surface area (Å²) in [6.07, 6.45) is 3.90. The number of benzene rings is 1. The van der Waals surface area contributed by atoms with Crippen molar-refractivity contribution in [3.05, 3.63) is 39.4 Å². The normalized spacial score (nSPS) is 17.8. The number of nitrogens with zero attached hydrogens (tertiary/aromatic N) is 3. The van der Waals surface area contributed by atoms with E-state index in [0.29, 0.717) is 37.0 Å². The average Bonchev–Trinajstić information content (AvgIpc) is 2.62. The number of hydrogen-bond donors (Lipinski definition) is 0. The number of ether oxygens (including phenoxy) is 1. The molecule has 1 amide bonds. The van der Waals surface area contributed by atoms with Crippen LogP contribution in [-0.4, -0.2) is 46.2 Å². The zero-order chi connectivity index (χ0) is 17.8. The lowest BCUT2D eigenvalue weighted by molar-refractivity contribution is -0.135. The summed E-state index contributed by atoms with van der Waals surface area (Å²) in [4.78, 5) is 31.2. The van der Waals surface area contributed by atoms with Gasteiger partial charge in [0, 0.05) is 37.1 Å². The molecular weight excluding hydrogens is 386 g/mol. The Kier molecular flexibility index (Phi) is 5.86. The van der Waals surface area contributed by atoms with Gasteiger partial charge in [0.15, 0.2) is 0 Å². The maximum atomic E-state index is 12.6. The first-order valence-electron chi connectivity index (χ1n) is 8.62. The Morgan fingerprint density at radius 2 is 2.28 bits per heavy atom. The molecule has 7 heteroatoms. The number of likely N-dealkylation sites (tertiary alicyclic amines) is 1. The van der Waals surface area contributed by atoms with Gasteiger partial charge < -0.3 is 9.64 Å². The number of hydrogen-bond acceptors (Lipinski definition) is 4. The lowest BCUT2D eigenvalue weighted by atomic mass is 10.1. The maximum Gasteiger partial charge on any atom is 0.261 e. The van der Waals surface area contributed by atoms with E-state index in [1.54, 1.807) is 12.1 Å². The molecule has 0 aliphatic carbocycles. The third-order valence-corrected chi connectivity index (χ3v) is 4.98. The van der Waals surface area contributed by atoms with Gasteiger partial charge in [-0.15, -0.1) is 0 Å². The van der Waals surface area contributed by atoms with Gasteiger partial charge >= 0.3 is 0 Å². The fourth-order valence-electron chi connectivity index (χ4n) is 3.20. The van der Waals surface area contributed by atoms with Crippen molar-refractivity contribution < 1.29 is 9.53 Å². The van der Waals surface area contributed by atoms with Gasteiger partial charge in [0.2, 0.25) is 5.91 Å². The Hall–Kier alpha value is -1.73. The molecule has 1 aliphatic rings. The van der Waals surface area contributed by atoms with E-state index in [1.807, 2.05) is 17.9 Å². The van der Waals surface area contributed by atoms with Crippen molar-refractivity contribution in [2.45, 2.75) is 38.8 Å². The highest BCUT2D eigenvalue weighted by molar-refractivity contribution is 9.10. The highest BCUT2D eigenvalue weighted by Gasteiger charge is 2.23. The van der Waals surface area contributed by atoms with Crippen LogP contribution >= 0.6 is 15.9 Å². The minimum atomic E-state index is -0.120. The smallest absolute Gasteiger partial charge is 0.261 e. The summed E-state index contributed by atoms with van der Waals surface area (Å²) in [5, 5.41) is 0.554. The first-order valence-corrected chi connectivity index (χ1v) is 9.42. The maximum absolute atomic E-state index is 12.6. The SMILES string of the molecule is CCOC1CCCN(C(=O)CCn2cnc3ccc(Br)cc3c2=O)C1. The van der Waals surface area contributed by atoms with Crippen LogP contribution in [0.25, 0.3) is 10.9 Å². The molecule has 1 unspecified atom stereocenters. The van der Waals surface area contributed by atoms with Gasteiger partial charge in [-0.3, -0.25) is 14.2 Å². The highest BCUT2D eigenvalue weighted by atomic mass is 79.9. The van der Waals surface area contributed by atoms with Gasteiger partial charge in [-0.1, -0.05) is 15.9 Å². The third-order valence-electron chi connectivity index (χ3n) is 4.49. The monoisotopic (exact) mass is 407 g/mol. The molecule has 6 nitrogen and oxygen atoms in total. The van der Waals surface area contributed by atoms with Crippen LogP contribution in [0, 0.1) is 0 Å². The van der Waals surface area contributed by atoms with Crippen molar-refractivity contribution in [3.63, 3.8) is 0 Å². The zero-order valence-electron chi connectivity index (χ0n) is 14.3. The molecular formula is C18H22BrN3O3. The number of aromatic nitrogens is 2. The molecule has 0 bridgehead atoms. The molecule has 3 rings (SSSR count). The van der Waals surface area contributed by atoms with E-state index in [1.165, 1.54) is 10.9 Å². The number of piperidine rings is 1. The first-order chi connectivity index (χ1) is 12.1. The first kappa shape index (κ1) is 18.1. The Bertz CT molecular complexity index is 819. The van der Waals surface area contributed by atoms with E-state index in [9.17, 15) is 9.59 Å². The Balaban J connectivity index is 1.67. The van der Waals surface area contributed by atoms with Crippen molar-refractivity contribution in [1.82, 2.24) is 14.5 Å². The molecule has 0 saturated carbocycles. The average molecular weight is 408 g/mol. The molecule has 1 aliphatic heterocycles. The summed E-state index contributed by atoms with van der Waals surface area (Å²) in [6, 6.07) is 5.42. The van der Waals surface area contributed by atoms with E-state index in [4.69, 9.17) is 4.74 Å². The van der Waals surface area contributed by atoms with Crippen LogP contribution in [0.5, 0.6) is 0 Å². The summed E-state index contributed by atoms with van der Waals surface area (Å²) in [6.45, 7) is 4.38. The second kappa shape index (κ2) is 8.10. The number of amides is 1. The summed E-state index contributed by atoms with van der Waals surface area (Å²) in [5.41, 5.74) is 0.538. The summed E-state index contributed by atoms with van der Waals surface area (Å²) < 4.78 is 7.99. The van der Waals surface area contributed by atoms with E-state index < -0.39 is 0 Å². The van der Waals surface area contributed by atoms with Crippen molar-refractivity contribution in [2.75, 3.05) is 19.7 Å². The fourth-order valence-corrected chi connectivity index (χ4v) is 3.56. The molecule has 0 spiro atoms. The Morgan fingerprint density at radius 3 is 3.08 bits per heavy atom. The highest BCUT2D eigenvalue weighted by Crippen LogP contribution is 2.16. The van der Waals surface area contributed by atoms with Crippen molar-refractivity contribution in [3.8, 4) is 0 Å². The predicted octanol–water partition coefficient (Wildman–Crippen LogP) is 2.58. The number of carbonyl (C=O) groups is 1. The molecule has 134 valence electrons. The van der Waals surface area contributed by atoms with E-state index >= 15 is 0 Å². The summed E-state index contributed by atoms with van der Waals surface area (Å²) >= 11 is 3.38. The standard InChI is InChI=1S/C18H22BrN3O3/c1-2-25-14-4-3-8-21(11-14)17(23)7-9-22-12-20-16-6-5-13(19)10-15(16)18(22)24/h5-6,10,12,14H,2-4,7-9,11H2,1H3. The van der Waals surface area contributed by atoms with Crippen molar-refractivity contribution in [2.24, 2.45) is 0 Å². The molecule has 1 saturated heterocycles. The molecule has 0 N–H and O–H groups in total. The number of fused-ring (bicyclic) bond motifs is 1. The van der Waals surface area contributed by atoms with Gasteiger partial charge in [-0.25, -0.2) is 4.98 Å². The lowest BCUT2D eigenvalue weighted by Crippen LogP contribution is -2.43. The van der Waals surface area contributed by atoms with Gasteiger partial charge in [-0.05, 0) is 38.0 Å². The number of rotatable bonds is 5. The minimum absolute atomic E-state index is 0.0608. The molecule has 25 heavy (non-hydrogen) atoms. The van der Waals surface area contributed by atoms with Gasteiger partial charge in [0.1, 0.15) is 0 Å². The van der Waals surface area contributed by atoms with Crippen LogP contribution in [-0.2, 0) is 16.1 Å². The molecule has 1 atom stereocenters. The number of carbonyl (C=O) groups excluding carboxylic acids is 1. The van der Waals surface area contributed by atoms with Gasteiger partial charge in [0.05, 0.1) is 23.3 Å². The molecule has 1 aromatic carbocycles. The molecule has 1 fully saturated rings. The Morgan fingerprint density at radius 1 is 1.44 bits per heavy atom. The van der Waals surface area contributed by atoms with Crippen LogP contribution in [0.1, 0.15) is 26.2 Å². The van der Waals surface area contributed by atoms with Crippen LogP contribution in [0.3, 0.4) is 0 Å². The topological polar surface area (TPSA) is 64.4 Å². The van der Waals surface area contributed by atoms with E-state index in [2.05, 4.69) is 20.9 Å². The predicted molar refractivity (Wildman–Crippen MR) is 99.5 cm³/mol. The van der Waals surface area contributed by atoms with Crippen molar-refractivity contribution in [1.29, 1.82) is 0 Å². The van der Waals surface area contributed by atoms with E-state index in [0.717, 1.165) is 23.9 Å². The molecule has 2 heterocycles. The summed E-state index contributed by atoms with van der Waals surface area (Å²) in [7, 11) is 0. The third kappa shape index (κ3) is 4.27. The molecule has 1 aromatic heterocycles. The number of halogens is 1. The zero-order valence-corrected chi connectivity index (χ0v) is 15.9. The molecule has 0 radical (unpaired) electrons. The minimum Gasteiger partial charge on any atom is -0.377 e. The fraction of sp³-hybridized carbons (Fsp3) is 0.500. The van der Waals surface area contributed by atoms with Crippen LogP contribution in [0.15, 0.2) is 33.8 Å². The van der Waals surface area contributed by atoms with Crippen molar-refractivity contribution >= 4 is 32.7 Å². The second-order valence-electron chi connectivity index (χ2n) is 6.21. The van der Waals surface area contributed by atoms with Crippen LogP contribution in [0.4, 0.5) is 0 Å². The quantitative estimate of drug-likeness (QED) is 0.763. The number of aryl methyl sites for hydroxylation is 1. The van der Waals surface area contributed by atoms with Gasteiger partial charge in [-0.2, -0.15) is 0 Å². The largest absolute Gasteiger partial charge is 0.377 e. The van der Waals surface area contributed by atoms with E-state index in [-0.39, 0.29) is 17.6 Å². The lowest BCUT2D eigenvalue weighted by Gasteiger charge is -2.32. The Labute approximate surface area is 154 Å². The molecule has 2 aromatic rings. The summed E-state index contributed by atoms with van der Waals surface area (Å²) in [5.74, 6) is 0.0608. The van der Waals surface area contributed by atoms with Crippen LogP contribution in [0.2, 0.25) is 0 Å². The second-order valence-corrected chi connectivity index (χ2v) is 7.13. The van der Waals surface area contributed by atoms with Crippen LogP contribution < -0.4 is 5.56 Å².